The lowest BCUT2D eigenvalue weighted by molar-refractivity contribution is 0.101. The van der Waals surface area contributed by atoms with Crippen LogP contribution in [0.2, 0.25) is 5.02 Å². The largest absolute Gasteiger partial charge is 0.504 e. The Bertz CT molecular complexity index is 372. The molecule has 0 saturated carbocycles. The molecule has 1 aromatic carbocycles. The third kappa shape index (κ3) is 1.60. The summed E-state index contributed by atoms with van der Waals surface area (Å²) >= 11 is 5.67. The number of Topliss-reactive ketones (excluding diaryl/α,β-unsaturated/α-hetero) is 1. The van der Waals surface area contributed by atoms with Gasteiger partial charge in [0.25, 0.3) is 0 Å². The van der Waals surface area contributed by atoms with Crippen molar-refractivity contribution in [3.05, 3.63) is 22.2 Å². The lowest BCUT2D eigenvalue weighted by Crippen LogP contribution is -1.97. The van der Waals surface area contributed by atoms with Crippen LogP contribution in [0.15, 0.2) is 6.07 Å². The van der Waals surface area contributed by atoms with Crippen LogP contribution in [0.25, 0.3) is 0 Å². The van der Waals surface area contributed by atoms with Crippen molar-refractivity contribution >= 4 is 17.4 Å². The van der Waals surface area contributed by atoms with Gasteiger partial charge in [0.2, 0.25) is 0 Å². The molecule has 4 heteroatoms. The first-order valence-corrected chi connectivity index (χ1v) is 4.05. The number of aryl methyl sites for hydroxylation is 1. The van der Waals surface area contributed by atoms with Crippen molar-refractivity contribution in [3.63, 3.8) is 0 Å². The molecule has 1 rings (SSSR count). The molecule has 0 fully saturated rings. The second-order valence-electron chi connectivity index (χ2n) is 2.81. The number of hydrogen-bond donors (Lipinski definition) is 2. The lowest BCUT2D eigenvalue weighted by Gasteiger charge is -2.07. The third-order valence-electron chi connectivity index (χ3n) is 1.77. The quantitative estimate of drug-likeness (QED) is 0.540. The molecule has 0 aliphatic heterocycles. The predicted octanol–water partition coefficient (Wildman–Crippen LogP) is 2.26. The van der Waals surface area contributed by atoms with Crippen LogP contribution in [0.1, 0.15) is 22.8 Å². The maximum Gasteiger partial charge on any atom is 0.177 e. The molecular formula is C9H9ClO3. The molecule has 0 unspecified atom stereocenters. The van der Waals surface area contributed by atoms with Crippen LogP contribution < -0.4 is 0 Å². The minimum atomic E-state index is -0.447. The van der Waals surface area contributed by atoms with Gasteiger partial charge in [0.15, 0.2) is 17.3 Å². The van der Waals surface area contributed by atoms with Gasteiger partial charge >= 0.3 is 0 Å². The zero-order valence-electron chi connectivity index (χ0n) is 7.26. The monoisotopic (exact) mass is 200 g/mol. The summed E-state index contributed by atoms with van der Waals surface area (Å²) < 4.78 is 0. The van der Waals surface area contributed by atoms with Crippen LogP contribution in [0.3, 0.4) is 0 Å². The Morgan fingerprint density at radius 3 is 2.46 bits per heavy atom. The standard InChI is InChI=1S/C9H9ClO3/c1-4-3-6(12)9(13)8(10)7(4)5(2)11/h3,12-13H,1-2H3. The highest BCUT2D eigenvalue weighted by Crippen LogP contribution is 2.37. The van der Waals surface area contributed by atoms with E-state index in [-0.39, 0.29) is 22.1 Å². The van der Waals surface area contributed by atoms with Crippen molar-refractivity contribution in [2.45, 2.75) is 13.8 Å². The van der Waals surface area contributed by atoms with Crippen molar-refractivity contribution in [1.82, 2.24) is 0 Å². The van der Waals surface area contributed by atoms with E-state index in [4.69, 9.17) is 16.7 Å². The molecule has 0 heterocycles. The average molecular weight is 201 g/mol. The van der Waals surface area contributed by atoms with E-state index in [9.17, 15) is 9.90 Å². The molecule has 0 saturated heterocycles. The fourth-order valence-corrected chi connectivity index (χ4v) is 1.56. The van der Waals surface area contributed by atoms with Crippen LogP contribution in [0.4, 0.5) is 0 Å². The molecule has 0 aromatic heterocycles. The first-order valence-electron chi connectivity index (χ1n) is 3.67. The van der Waals surface area contributed by atoms with Crippen molar-refractivity contribution in [2.75, 3.05) is 0 Å². The van der Waals surface area contributed by atoms with E-state index in [1.807, 2.05) is 0 Å². The average Bonchev–Trinajstić information content (AvgIpc) is 1.99. The van der Waals surface area contributed by atoms with E-state index >= 15 is 0 Å². The molecule has 70 valence electrons. The highest BCUT2D eigenvalue weighted by Gasteiger charge is 2.16. The number of hydrogen-bond acceptors (Lipinski definition) is 3. The Morgan fingerprint density at radius 2 is 2.00 bits per heavy atom. The Morgan fingerprint density at radius 1 is 1.46 bits per heavy atom. The molecule has 0 atom stereocenters. The lowest BCUT2D eigenvalue weighted by atomic mass is 10.0. The van der Waals surface area contributed by atoms with Crippen LogP contribution in [0, 0.1) is 6.92 Å². The smallest absolute Gasteiger partial charge is 0.177 e. The predicted molar refractivity (Wildman–Crippen MR) is 49.5 cm³/mol. The number of rotatable bonds is 1. The SMILES string of the molecule is CC(=O)c1c(C)cc(O)c(O)c1Cl. The molecular weight excluding hydrogens is 192 g/mol. The second-order valence-corrected chi connectivity index (χ2v) is 3.18. The highest BCUT2D eigenvalue weighted by molar-refractivity contribution is 6.35. The first-order chi connectivity index (χ1) is 5.95. The summed E-state index contributed by atoms with van der Waals surface area (Å²) in [6, 6.07) is 1.30. The Hall–Kier alpha value is -1.22. The maximum absolute atomic E-state index is 11.1. The van der Waals surface area contributed by atoms with Crippen molar-refractivity contribution < 1.29 is 15.0 Å². The van der Waals surface area contributed by atoms with Gasteiger partial charge in [0.05, 0.1) is 5.02 Å². The van der Waals surface area contributed by atoms with Crippen molar-refractivity contribution in [2.24, 2.45) is 0 Å². The van der Waals surface area contributed by atoms with Gasteiger partial charge in [-0.15, -0.1) is 0 Å². The number of aromatic hydroxyl groups is 2. The Kier molecular flexibility index (Phi) is 2.48. The normalized spacial score (nSPS) is 10.1. The summed E-state index contributed by atoms with van der Waals surface area (Å²) in [7, 11) is 0. The highest BCUT2D eigenvalue weighted by atomic mass is 35.5. The summed E-state index contributed by atoms with van der Waals surface area (Å²) in [5.41, 5.74) is 0.796. The molecule has 3 nitrogen and oxygen atoms in total. The summed E-state index contributed by atoms with van der Waals surface area (Å²) in [5.74, 6) is -0.997. The van der Waals surface area contributed by atoms with Crippen molar-refractivity contribution in [3.8, 4) is 11.5 Å². The number of phenols is 2. The zero-order valence-corrected chi connectivity index (χ0v) is 8.01. The van der Waals surface area contributed by atoms with E-state index in [2.05, 4.69) is 0 Å². The summed E-state index contributed by atoms with van der Waals surface area (Å²) in [6.07, 6.45) is 0. The minimum Gasteiger partial charge on any atom is -0.504 e. The summed E-state index contributed by atoms with van der Waals surface area (Å²) in [6.45, 7) is 2.99. The fourth-order valence-electron chi connectivity index (χ4n) is 1.18. The van der Waals surface area contributed by atoms with Crippen LogP contribution in [0.5, 0.6) is 11.5 Å². The second kappa shape index (κ2) is 3.26. The van der Waals surface area contributed by atoms with Crippen molar-refractivity contribution in [1.29, 1.82) is 0 Å². The van der Waals surface area contributed by atoms with Gasteiger partial charge in [-0.1, -0.05) is 11.6 Å². The number of benzene rings is 1. The number of phenolic OH excluding ortho intramolecular Hbond substituents is 2. The van der Waals surface area contributed by atoms with Gasteiger partial charge in [-0.05, 0) is 25.5 Å². The first kappa shape index (κ1) is 9.86. The molecule has 0 spiro atoms. The van der Waals surface area contributed by atoms with Gasteiger partial charge in [0, 0.05) is 5.56 Å². The third-order valence-corrected chi connectivity index (χ3v) is 2.14. The van der Waals surface area contributed by atoms with E-state index in [0.717, 1.165) is 0 Å². The molecule has 2 N–H and O–H groups in total. The van der Waals surface area contributed by atoms with E-state index in [1.165, 1.54) is 13.0 Å². The maximum atomic E-state index is 11.1. The van der Waals surface area contributed by atoms with Crippen LogP contribution in [-0.4, -0.2) is 16.0 Å². The van der Waals surface area contributed by atoms with Gasteiger partial charge in [-0.3, -0.25) is 4.79 Å². The van der Waals surface area contributed by atoms with Crippen LogP contribution in [-0.2, 0) is 0 Å². The van der Waals surface area contributed by atoms with Gasteiger partial charge < -0.3 is 10.2 Å². The summed E-state index contributed by atoms with van der Waals surface area (Å²) in [4.78, 5) is 11.1. The Balaban J connectivity index is 3.53. The zero-order chi connectivity index (χ0) is 10.2. The molecule has 0 aliphatic carbocycles. The molecule has 0 aliphatic rings. The molecule has 0 bridgehead atoms. The fraction of sp³-hybridized carbons (Fsp3) is 0.222. The number of carbonyl (C=O) groups is 1. The number of halogens is 1. The van der Waals surface area contributed by atoms with E-state index in [1.54, 1.807) is 6.92 Å². The minimum absolute atomic E-state index is 0.0926. The molecule has 1 aromatic rings. The molecule has 0 radical (unpaired) electrons. The van der Waals surface area contributed by atoms with Gasteiger partial charge in [-0.25, -0.2) is 0 Å². The summed E-state index contributed by atoms with van der Waals surface area (Å²) in [5, 5.41) is 18.3. The topological polar surface area (TPSA) is 57.5 Å². The van der Waals surface area contributed by atoms with Gasteiger partial charge in [0.1, 0.15) is 0 Å². The number of carbonyl (C=O) groups excluding carboxylic acids is 1. The Labute approximate surface area is 80.6 Å². The molecule has 0 amide bonds. The van der Waals surface area contributed by atoms with Gasteiger partial charge in [-0.2, -0.15) is 0 Å². The van der Waals surface area contributed by atoms with Crippen LogP contribution >= 0.6 is 11.6 Å². The van der Waals surface area contributed by atoms with E-state index in [0.29, 0.717) is 5.56 Å². The molecule has 13 heavy (non-hydrogen) atoms. The number of ketones is 1. The van der Waals surface area contributed by atoms with E-state index < -0.39 is 5.75 Å².